The Morgan fingerprint density at radius 3 is 2.88 bits per heavy atom. The van der Waals surface area contributed by atoms with Gasteiger partial charge in [0.25, 0.3) is 0 Å². The Labute approximate surface area is 108 Å². The molecule has 4 nitrogen and oxygen atoms in total. The number of H-pyrrole nitrogens is 1. The maximum atomic E-state index is 11.7. The second kappa shape index (κ2) is 5.21. The van der Waals surface area contributed by atoms with Crippen LogP contribution in [0, 0.1) is 0 Å². The van der Waals surface area contributed by atoms with Gasteiger partial charge in [-0.1, -0.05) is 29.3 Å². The molecule has 2 N–H and O–H groups in total. The largest absolute Gasteiger partial charge is 0.323 e. The van der Waals surface area contributed by atoms with Gasteiger partial charge in [-0.05, 0) is 17.7 Å². The van der Waals surface area contributed by atoms with Crippen molar-refractivity contribution in [1.29, 1.82) is 0 Å². The van der Waals surface area contributed by atoms with Crippen molar-refractivity contribution < 1.29 is 4.79 Å². The van der Waals surface area contributed by atoms with Crippen LogP contribution in [0.4, 0.5) is 5.69 Å². The highest BCUT2D eigenvalue weighted by molar-refractivity contribution is 6.35. The highest BCUT2D eigenvalue weighted by Crippen LogP contribution is 2.21. The third-order valence-corrected chi connectivity index (χ3v) is 2.74. The van der Waals surface area contributed by atoms with Crippen LogP contribution in [0.2, 0.25) is 10.0 Å². The smallest absolute Gasteiger partial charge is 0.228 e. The molecule has 0 bridgehead atoms. The van der Waals surface area contributed by atoms with Gasteiger partial charge in [0.1, 0.15) is 0 Å². The van der Waals surface area contributed by atoms with Gasteiger partial charge in [-0.3, -0.25) is 9.89 Å². The highest BCUT2D eigenvalue weighted by Gasteiger charge is 2.08. The summed E-state index contributed by atoms with van der Waals surface area (Å²) in [5.41, 5.74) is 1.36. The molecule has 0 spiro atoms. The Kier molecular flexibility index (Phi) is 3.66. The number of hydrogen-bond acceptors (Lipinski definition) is 2. The molecule has 17 heavy (non-hydrogen) atoms. The van der Waals surface area contributed by atoms with Crippen molar-refractivity contribution in [3.8, 4) is 0 Å². The van der Waals surface area contributed by atoms with E-state index >= 15 is 0 Å². The Hall–Kier alpha value is -1.52. The van der Waals surface area contributed by atoms with Crippen LogP contribution in [0.15, 0.2) is 30.6 Å². The van der Waals surface area contributed by atoms with E-state index < -0.39 is 0 Å². The van der Waals surface area contributed by atoms with E-state index in [0.29, 0.717) is 15.7 Å². The molecule has 1 aromatic heterocycles. The number of anilines is 1. The number of nitrogens with one attached hydrogen (secondary N) is 2. The molecular formula is C11H9Cl2N3O. The molecule has 0 aliphatic heterocycles. The lowest BCUT2D eigenvalue weighted by molar-refractivity contribution is -0.115. The van der Waals surface area contributed by atoms with Crippen LogP contribution in [0.3, 0.4) is 0 Å². The van der Waals surface area contributed by atoms with E-state index in [9.17, 15) is 4.79 Å². The maximum absolute atomic E-state index is 11.7. The standard InChI is InChI=1S/C11H9Cl2N3O/c12-8-2-1-7(10(13)4-8)3-11(17)16-9-5-14-15-6-9/h1-2,4-6H,3H2,(H,14,15)(H,16,17). The van der Waals surface area contributed by atoms with Gasteiger partial charge in [0.2, 0.25) is 5.91 Å². The van der Waals surface area contributed by atoms with Gasteiger partial charge in [0.15, 0.2) is 0 Å². The Bertz CT molecular complexity index is 526. The molecule has 2 rings (SSSR count). The molecule has 88 valence electrons. The molecule has 0 atom stereocenters. The van der Waals surface area contributed by atoms with Gasteiger partial charge < -0.3 is 5.32 Å². The quantitative estimate of drug-likeness (QED) is 0.900. The predicted molar refractivity (Wildman–Crippen MR) is 67.4 cm³/mol. The van der Waals surface area contributed by atoms with E-state index in [4.69, 9.17) is 23.2 Å². The van der Waals surface area contributed by atoms with Gasteiger partial charge in [0.05, 0.1) is 18.3 Å². The number of nitrogens with zero attached hydrogens (tertiary/aromatic N) is 1. The van der Waals surface area contributed by atoms with E-state index in [0.717, 1.165) is 5.56 Å². The monoisotopic (exact) mass is 269 g/mol. The van der Waals surface area contributed by atoms with Crippen LogP contribution in [0.1, 0.15) is 5.56 Å². The van der Waals surface area contributed by atoms with Crippen LogP contribution in [0.25, 0.3) is 0 Å². The summed E-state index contributed by atoms with van der Waals surface area (Å²) in [6.07, 6.45) is 3.32. The fourth-order valence-corrected chi connectivity index (χ4v) is 1.84. The molecule has 0 saturated heterocycles. The van der Waals surface area contributed by atoms with Gasteiger partial charge in [-0.2, -0.15) is 5.10 Å². The summed E-state index contributed by atoms with van der Waals surface area (Å²) < 4.78 is 0. The first kappa shape index (κ1) is 12.0. The zero-order valence-electron chi connectivity index (χ0n) is 8.71. The van der Waals surface area contributed by atoms with Crippen molar-refractivity contribution >= 4 is 34.8 Å². The number of rotatable bonds is 3. The lowest BCUT2D eigenvalue weighted by atomic mass is 10.1. The van der Waals surface area contributed by atoms with Crippen LogP contribution >= 0.6 is 23.2 Å². The predicted octanol–water partition coefficient (Wildman–Crippen LogP) is 2.90. The Morgan fingerprint density at radius 2 is 2.24 bits per heavy atom. The average Bonchev–Trinajstić information content (AvgIpc) is 2.75. The number of aromatic amines is 1. The summed E-state index contributed by atoms with van der Waals surface area (Å²) in [6, 6.07) is 5.05. The van der Waals surface area contributed by atoms with E-state index in [-0.39, 0.29) is 12.3 Å². The summed E-state index contributed by atoms with van der Waals surface area (Å²) in [4.78, 5) is 11.7. The molecule has 0 aliphatic carbocycles. The Morgan fingerprint density at radius 1 is 1.41 bits per heavy atom. The normalized spacial score (nSPS) is 10.2. The fourth-order valence-electron chi connectivity index (χ4n) is 1.36. The lowest BCUT2D eigenvalue weighted by Gasteiger charge is -2.05. The summed E-state index contributed by atoms with van der Waals surface area (Å²) in [5.74, 6) is -0.157. The van der Waals surface area contributed by atoms with Crippen molar-refractivity contribution in [1.82, 2.24) is 10.2 Å². The van der Waals surface area contributed by atoms with Gasteiger partial charge in [-0.25, -0.2) is 0 Å². The summed E-state index contributed by atoms with van der Waals surface area (Å²) >= 11 is 11.7. The van der Waals surface area contributed by atoms with Crippen LogP contribution in [-0.2, 0) is 11.2 Å². The minimum atomic E-state index is -0.157. The fraction of sp³-hybridized carbons (Fsp3) is 0.0909. The minimum Gasteiger partial charge on any atom is -0.323 e. The third kappa shape index (κ3) is 3.22. The first-order chi connectivity index (χ1) is 8.15. The van der Waals surface area contributed by atoms with Gasteiger partial charge in [-0.15, -0.1) is 0 Å². The molecule has 1 heterocycles. The van der Waals surface area contributed by atoms with Crippen molar-refractivity contribution in [3.63, 3.8) is 0 Å². The number of amides is 1. The number of carbonyl (C=O) groups is 1. The second-order valence-electron chi connectivity index (χ2n) is 3.45. The van der Waals surface area contributed by atoms with Crippen molar-refractivity contribution in [3.05, 3.63) is 46.2 Å². The first-order valence-corrected chi connectivity index (χ1v) is 5.63. The molecule has 2 aromatic rings. The molecule has 0 aliphatic rings. The van der Waals surface area contributed by atoms with E-state index in [1.165, 1.54) is 6.20 Å². The van der Waals surface area contributed by atoms with Crippen LogP contribution < -0.4 is 5.32 Å². The summed E-state index contributed by atoms with van der Waals surface area (Å²) in [5, 5.41) is 10.1. The highest BCUT2D eigenvalue weighted by atomic mass is 35.5. The maximum Gasteiger partial charge on any atom is 0.228 e. The zero-order chi connectivity index (χ0) is 12.3. The van der Waals surface area contributed by atoms with E-state index in [1.54, 1.807) is 24.4 Å². The Balaban J connectivity index is 2.03. The zero-order valence-corrected chi connectivity index (χ0v) is 10.2. The number of benzene rings is 1. The molecule has 0 radical (unpaired) electrons. The molecule has 0 fully saturated rings. The van der Waals surface area contributed by atoms with E-state index in [1.807, 2.05) is 0 Å². The van der Waals surface area contributed by atoms with Crippen molar-refractivity contribution in [2.75, 3.05) is 5.32 Å². The summed E-state index contributed by atoms with van der Waals surface area (Å²) in [6.45, 7) is 0. The molecule has 0 unspecified atom stereocenters. The van der Waals surface area contributed by atoms with Crippen molar-refractivity contribution in [2.45, 2.75) is 6.42 Å². The minimum absolute atomic E-state index is 0.157. The number of aromatic nitrogens is 2. The SMILES string of the molecule is O=C(Cc1ccc(Cl)cc1Cl)Nc1cn[nH]c1. The number of halogens is 2. The molecule has 6 heteroatoms. The molecular weight excluding hydrogens is 261 g/mol. The van der Waals surface area contributed by atoms with Crippen LogP contribution in [0.5, 0.6) is 0 Å². The second-order valence-corrected chi connectivity index (χ2v) is 4.29. The van der Waals surface area contributed by atoms with E-state index in [2.05, 4.69) is 15.5 Å². The topological polar surface area (TPSA) is 57.8 Å². The third-order valence-electron chi connectivity index (χ3n) is 2.15. The number of hydrogen-bond donors (Lipinski definition) is 2. The molecule has 0 saturated carbocycles. The van der Waals surface area contributed by atoms with Gasteiger partial charge in [0, 0.05) is 16.2 Å². The molecule has 1 aromatic carbocycles. The molecule has 1 amide bonds. The number of carbonyl (C=O) groups excluding carboxylic acids is 1. The summed E-state index contributed by atoms with van der Waals surface area (Å²) in [7, 11) is 0. The first-order valence-electron chi connectivity index (χ1n) is 4.88. The van der Waals surface area contributed by atoms with Crippen molar-refractivity contribution in [2.24, 2.45) is 0 Å². The van der Waals surface area contributed by atoms with Gasteiger partial charge >= 0.3 is 0 Å². The van der Waals surface area contributed by atoms with Crippen LogP contribution in [-0.4, -0.2) is 16.1 Å². The lowest BCUT2D eigenvalue weighted by Crippen LogP contribution is -2.14. The average molecular weight is 270 g/mol.